The molecule has 0 saturated heterocycles. The number of benzene rings is 1. The normalized spacial score (nSPS) is 11.5. The molecule has 1 N–H and O–H groups in total. The minimum atomic E-state index is -4.70. The van der Waals surface area contributed by atoms with Crippen LogP contribution in [0, 0.1) is 0 Å². The zero-order valence-electron chi connectivity index (χ0n) is 16.2. The lowest BCUT2D eigenvalue weighted by Crippen LogP contribution is -2.23. The summed E-state index contributed by atoms with van der Waals surface area (Å²) in [6.45, 7) is 0.164. The maximum atomic E-state index is 13.7. The van der Waals surface area contributed by atoms with E-state index < -0.39 is 17.8 Å². The third-order valence-corrected chi connectivity index (χ3v) is 4.51. The second-order valence-electron chi connectivity index (χ2n) is 6.60. The fourth-order valence-corrected chi connectivity index (χ4v) is 2.97. The van der Waals surface area contributed by atoms with Crippen LogP contribution in [0.15, 0.2) is 60.9 Å². The van der Waals surface area contributed by atoms with Gasteiger partial charge in [-0.3, -0.25) is 9.78 Å². The first-order chi connectivity index (χ1) is 14.8. The number of carbonyl (C=O) groups excluding carboxylic acids is 1. The molecule has 0 aliphatic carbocycles. The van der Waals surface area contributed by atoms with Gasteiger partial charge in [-0.25, -0.2) is 9.50 Å². The standard InChI is InChI=1S/C21H16F3N5O2/c1-31-15-6-4-14(5-7-15)16-9-18(21(22,23)24)29-19(27-16)10-17(28-29)20(30)26-12-13-3-2-8-25-11-13/h2-11H,12H2,1H3,(H,26,30). The van der Waals surface area contributed by atoms with Crippen molar-refractivity contribution in [3.8, 4) is 17.0 Å². The highest BCUT2D eigenvalue weighted by molar-refractivity contribution is 5.93. The van der Waals surface area contributed by atoms with Crippen LogP contribution in [0.1, 0.15) is 21.7 Å². The molecule has 3 aromatic heterocycles. The highest BCUT2D eigenvalue weighted by Crippen LogP contribution is 2.32. The van der Waals surface area contributed by atoms with E-state index in [-0.39, 0.29) is 23.6 Å². The number of nitrogens with zero attached hydrogens (tertiary/aromatic N) is 4. The molecule has 3 heterocycles. The summed E-state index contributed by atoms with van der Waals surface area (Å²) in [5.74, 6) is -0.0497. The molecule has 0 unspecified atom stereocenters. The van der Waals surface area contributed by atoms with Gasteiger partial charge in [0.2, 0.25) is 0 Å². The van der Waals surface area contributed by atoms with Crippen LogP contribution in [0.25, 0.3) is 16.9 Å². The van der Waals surface area contributed by atoms with Gasteiger partial charge < -0.3 is 10.1 Å². The summed E-state index contributed by atoms with van der Waals surface area (Å²) in [5.41, 5.74) is 0.0216. The Labute approximate surface area is 174 Å². The van der Waals surface area contributed by atoms with E-state index in [1.54, 1.807) is 48.8 Å². The van der Waals surface area contributed by atoms with Crippen molar-refractivity contribution in [2.24, 2.45) is 0 Å². The Morgan fingerprint density at radius 3 is 2.58 bits per heavy atom. The minimum Gasteiger partial charge on any atom is -0.497 e. The number of methoxy groups -OCH3 is 1. The lowest BCUT2D eigenvalue weighted by atomic mass is 10.1. The van der Waals surface area contributed by atoms with Gasteiger partial charge in [0.15, 0.2) is 17.0 Å². The van der Waals surface area contributed by atoms with Gasteiger partial charge in [0.05, 0.1) is 12.8 Å². The SMILES string of the molecule is COc1ccc(-c2cc(C(F)(F)F)n3nc(C(=O)NCc4cccnc4)cc3n2)cc1. The van der Waals surface area contributed by atoms with Gasteiger partial charge in [-0.15, -0.1) is 0 Å². The fraction of sp³-hybridized carbons (Fsp3) is 0.143. The van der Waals surface area contributed by atoms with Crippen molar-refractivity contribution < 1.29 is 22.7 Å². The van der Waals surface area contributed by atoms with Crippen molar-refractivity contribution in [2.45, 2.75) is 12.7 Å². The molecule has 0 aliphatic rings. The number of hydrogen-bond donors (Lipinski definition) is 1. The second-order valence-corrected chi connectivity index (χ2v) is 6.60. The van der Waals surface area contributed by atoms with Crippen LogP contribution in [-0.4, -0.2) is 32.6 Å². The van der Waals surface area contributed by atoms with Crippen molar-refractivity contribution in [2.75, 3.05) is 7.11 Å². The summed E-state index contributed by atoms with van der Waals surface area (Å²) in [5, 5.41) is 6.46. The summed E-state index contributed by atoms with van der Waals surface area (Å²) in [6, 6.07) is 12.1. The molecule has 158 valence electrons. The van der Waals surface area contributed by atoms with E-state index in [0.29, 0.717) is 15.8 Å². The van der Waals surface area contributed by atoms with Crippen molar-refractivity contribution in [1.82, 2.24) is 24.9 Å². The van der Waals surface area contributed by atoms with Crippen molar-refractivity contribution in [3.05, 3.63) is 77.9 Å². The van der Waals surface area contributed by atoms with E-state index in [2.05, 4.69) is 20.4 Å². The van der Waals surface area contributed by atoms with Crippen LogP contribution in [0.3, 0.4) is 0 Å². The highest BCUT2D eigenvalue weighted by Gasteiger charge is 2.35. The Hall–Kier alpha value is -3.95. The zero-order chi connectivity index (χ0) is 22.0. The van der Waals surface area contributed by atoms with Gasteiger partial charge in [0, 0.05) is 30.6 Å². The number of halogens is 3. The molecule has 0 bridgehead atoms. The molecule has 0 radical (unpaired) electrons. The van der Waals surface area contributed by atoms with Crippen LogP contribution < -0.4 is 10.1 Å². The molecule has 0 spiro atoms. The van der Waals surface area contributed by atoms with Crippen molar-refractivity contribution >= 4 is 11.6 Å². The predicted molar refractivity (Wildman–Crippen MR) is 105 cm³/mol. The summed E-state index contributed by atoms with van der Waals surface area (Å²) in [4.78, 5) is 20.7. The van der Waals surface area contributed by atoms with Crippen LogP contribution >= 0.6 is 0 Å². The molecule has 31 heavy (non-hydrogen) atoms. The van der Waals surface area contributed by atoms with Crippen LogP contribution in [0.4, 0.5) is 13.2 Å². The molecular weight excluding hydrogens is 411 g/mol. The molecule has 0 fully saturated rings. The lowest BCUT2D eigenvalue weighted by Gasteiger charge is -2.11. The van der Waals surface area contributed by atoms with Gasteiger partial charge in [-0.1, -0.05) is 6.07 Å². The Bertz CT molecular complexity index is 1220. The van der Waals surface area contributed by atoms with E-state index >= 15 is 0 Å². The molecule has 0 aliphatic heterocycles. The summed E-state index contributed by atoms with van der Waals surface area (Å²) < 4.78 is 46.8. The summed E-state index contributed by atoms with van der Waals surface area (Å²) in [6.07, 6.45) is -1.52. The highest BCUT2D eigenvalue weighted by atomic mass is 19.4. The smallest absolute Gasteiger partial charge is 0.433 e. The van der Waals surface area contributed by atoms with Gasteiger partial charge in [0.1, 0.15) is 5.75 Å². The number of carbonyl (C=O) groups is 1. The van der Waals surface area contributed by atoms with Crippen LogP contribution in [0.2, 0.25) is 0 Å². The third-order valence-electron chi connectivity index (χ3n) is 4.51. The van der Waals surface area contributed by atoms with E-state index in [0.717, 1.165) is 11.6 Å². The van der Waals surface area contributed by atoms with Gasteiger partial charge in [0.25, 0.3) is 5.91 Å². The Morgan fingerprint density at radius 2 is 1.94 bits per heavy atom. The summed E-state index contributed by atoms with van der Waals surface area (Å²) >= 11 is 0. The van der Waals surface area contributed by atoms with Crippen molar-refractivity contribution in [3.63, 3.8) is 0 Å². The fourth-order valence-electron chi connectivity index (χ4n) is 2.97. The minimum absolute atomic E-state index is 0.0906. The molecule has 0 saturated carbocycles. The van der Waals surface area contributed by atoms with E-state index in [1.165, 1.54) is 13.2 Å². The number of pyridine rings is 1. The van der Waals surface area contributed by atoms with Gasteiger partial charge in [-0.05, 0) is 42.0 Å². The first-order valence-electron chi connectivity index (χ1n) is 9.15. The topological polar surface area (TPSA) is 81.4 Å². The number of fused-ring (bicyclic) bond motifs is 1. The van der Waals surface area contributed by atoms with Crippen molar-refractivity contribution in [1.29, 1.82) is 0 Å². The molecule has 1 amide bonds. The quantitative estimate of drug-likeness (QED) is 0.525. The first-order valence-corrected chi connectivity index (χ1v) is 9.15. The van der Waals surface area contributed by atoms with E-state index in [4.69, 9.17) is 4.74 Å². The molecule has 10 heteroatoms. The first kappa shape index (κ1) is 20.3. The van der Waals surface area contributed by atoms with E-state index in [9.17, 15) is 18.0 Å². The average Bonchev–Trinajstić information content (AvgIpc) is 3.21. The maximum absolute atomic E-state index is 13.7. The number of rotatable bonds is 5. The molecule has 4 rings (SSSR count). The molecular formula is C21H16F3N5O2. The largest absolute Gasteiger partial charge is 0.497 e. The molecule has 4 aromatic rings. The monoisotopic (exact) mass is 427 g/mol. The van der Waals surface area contributed by atoms with Crippen LogP contribution in [-0.2, 0) is 12.7 Å². The number of hydrogen-bond acceptors (Lipinski definition) is 5. The number of nitrogens with one attached hydrogen (secondary N) is 1. The Morgan fingerprint density at radius 1 is 1.16 bits per heavy atom. The maximum Gasteiger partial charge on any atom is 0.433 e. The number of alkyl halides is 3. The zero-order valence-corrected chi connectivity index (χ0v) is 16.2. The molecule has 0 atom stereocenters. The Balaban J connectivity index is 1.70. The lowest BCUT2D eigenvalue weighted by molar-refractivity contribution is -0.142. The number of aromatic nitrogens is 4. The number of amides is 1. The second kappa shape index (κ2) is 8.05. The molecule has 7 nitrogen and oxygen atoms in total. The van der Waals surface area contributed by atoms with Gasteiger partial charge in [-0.2, -0.15) is 18.3 Å². The van der Waals surface area contributed by atoms with Gasteiger partial charge >= 0.3 is 6.18 Å². The van der Waals surface area contributed by atoms with Crippen LogP contribution in [0.5, 0.6) is 5.75 Å². The third kappa shape index (κ3) is 4.32. The van der Waals surface area contributed by atoms with E-state index in [1.807, 2.05) is 0 Å². The average molecular weight is 427 g/mol. The predicted octanol–water partition coefficient (Wildman–Crippen LogP) is 3.75. The summed E-state index contributed by atoms with van der Waals surface area (Å²) in [7, 11) is 1.49. The number of ether oxygens (including phenoxy) is 1. The Kier molecular flexibility index (Phi) is 5.28. The molecule has 1 aromatic carbocycles.